The van der Waals surface area contributed by atoms with E-state index in [4.69, 9.17) is 0 Å². The van der Waals surface area contributed by atoms with E-state index in [0.717, 1.165) is 44.0 Å². The minimum Gasteiger partial charge on any atom is -0.394 e. The van der Waals surface area contributed by atoms with E-state index in [1.54, 1.807) is 6.33 Å². The Balaban J connectivity index is 2.36. The summed E-state index contributed by atoms with van der Waals surface area (Å²) in [7, 11) is 0. The predicted molar refractivity (Wildman–Crippen MR) is 87.0 cm³/mol. The molecule has 1 aliphatic heterocycles. The maximum Gasteiger partial charge on any atom is 0.137 e. The molecule has 1 aromatic heterocycles. The summed E-state index contributed by atoms with van der Waals surface area (Å²) in [5.41, 5.74) is 1.17. The molecule has 0 spiro atoms. The Hall–Kier alpha value is -1.36. The zero-order valence-corrected chi connectivity index (χ0v) is 13.5. The lowest BCUT2D eigenvalue weighted by molar-refractivity contribution is 0.239. The van der Waals surface area contributed by atoms with Gasteiger partial charge in [-0.2, -0.15) is 0 Å². The maximum atomic E-state index is 9.66. The third-order valence-electron chi connectivity index (χ3n) is 4.09. The first-order valence-corrected chi connectivity index (χ1v) is 8.15. The summed E-state index contributed by atoms with van der Waals surface area (Å²) in [5.74, 6) is 2.29. The number of hydrogen-bond donors (Lipinski definition) is 2. The van der Waals surface area contributed by atoms with Crippen molar-refractivity contribution in [2.24, 2.45) is 0 Å². The van der Waals surface area contributed by atoms with Gasteiger partial charge in [0.2, 0.25) is 0 Å². The van der Waals surface area contributed by atoms with Crippen LogP contribution in [0.5, 0.6) is 0 Å². The maximum absolute atomic E-state index is 9.66. The number of aliphatic hydroxyl groups excluding tert-OH is 1. The summed E-state index contributed by atoms with van der Waals surface area (Å²) >= 11 is 0. The minimum atomic E-state index is 0.185. The summed E-state index contributed by atoms with van der Waals surface area (Å²) in [6.45, 7) is 8.58. The van der Waals surface area contributed by atoms with Gasteiger partial charge in [-0.3, -0.25) is 0 Å². The van der Waals surface area contributed by atoms with Gasteiger partial charge in [0.1, 0.15) is 18.0 Å². The van der Waals surface area contributed by atoms with Gasteiger partial charge in [0.15, 0.2) is 0 Å². The first-order chi connectivity index (χ1) is 10.2. The van der Waals surface area contributed by atoms with Gasteiger partial charge in [-0.05, 0) is 31.6 Å². The van der Waals surface area contributed by atoms with E-state index in [9.17, 15) is 5.11 Å². The average Bonchev–Trinajstić information content (AvgIpc) is 2.52. The van der Waals surface area contributed by atoms with Crippen LogP contribution in [-0.2, 0) is 0 Å². The fraction of sp³-hybridized carbons (Fsp3) is 0.750. The highest BCUT2D eigenvalue weighted by atomic mass is 16.3. The Morgan fingerprint density at radius 1 is 1.38 bits per heavy atom. The van der Waals surface area contributed by atoms with Crippen molar-refractivity contribution in [3.8, 4) is 0 Å². The monoisotopic (exact) mass is 292 g/mol. The predicted octanol–water partition coefficient (Wildman–Crippen LogP) is 2.77. The highest BCUT2D eigenvalue weighted by Crippen LogP contribution is 2.34. The Bertz CT molecular complexity index is 450. The molecule has 21 heavy (non-hydrogen) atoms. The smallest absolute Gasteiger partial charge is 0.137 e. The second kappa shape index (κ2) is 7.59. The molecule has 1 saturated heterocycles. The number of rotatable bonds is 6. The van der Waals surface area contributed by atoms with Crippen LogP contribution in [0.1, 0.15) is 57.9 Å². The second-order valence-corrected chi connectivity index (χ2v) is 6.07. The van der Waals surface area contributed by atoms with Crippen LogP contribution in [-0.4, -0.2) is 40.8 Å². The zero-order valence-electron chi connectivity index (χ0n) is 13.5. The molecule has 0 aromatic carbocycles. The number of anilines is 2. The fourth-order valence-corrected chi connectivity index (χ4v) is 3.00. The van der Waals surface area contributed by atoms with Crippen LogP contribution >= 0.6 is 0 Å². The van der Waals surface area contributed by atoms with E-state index in [0.29, 0.717) is 5.92 Å². The molecule has 0 aliphatic carbocycles. The van der Waals surface area contributed by atoms with Crippen LogP contribution < -0.4 is 10.2 Å². The molecule has 1 atom stereocenters. The van der Waals surface area contributed by atoms with Gasteiger partial charge in [-0.25, -0.2) is 9.97 Å². The van der Waals surface area contributed by atoms with Crippen LogP contribution in [0, 0.1) is 0 Å². The lowest BCUT2D eigenvalue weighted by atomic mass is 9.99. The quantitative estimate of drug-likeness (QED) is 0.844. The standard InChI is InChI=1S/C16H28N4O/c1-4-8-17-15-14(12(2)3)16(19-11-18-15)20-9-6-5-7-13(20)10-21/h11-13,21H,4-10H2,1-3H3,(H,17,18,19). The van der Waals surface area contributed by atoms with Crippen LogP contribution in [0.2, 0.25) is 0 Å². The molecule has 118 valence electrons. The van der Waals surface area contributed by atoms with Crippen LogP contribution in [0.25, 0.3) is 0 Å². The Labute approximate surface area is 127 Å². The lowest BCUT2D eigenvalue weighted by Gasteiger charge is -2.37. The largest absolute Gasteiger partial charge is 0.394 e. The summed E-state index contributed by atoms with van der Waals surface area (Å²) < 4.78 is 0. The summed E-state index contributed by atoms with van der Waals surface area (Å²) in [5, 5.41) is 13.1. The topological polar surface area (TPSA) is 61.3 Å². The van der Waals surface area contributed by atoms with Crippen LogP contribution in [0.4, 0.5) is 11.6 Å². The van der Waals surface area contributed by atoms with Crippen LogP contribution in [0.3, 0.4) is 0 Å². The zero-order chi connectivity index (χ0) is 15.2. The first-order valence-electron chi connectivity index (χ1n) is 8.15. The Morgan fingerprint density at radius 3 is 2.86 bits per heavy atom. The van der Waals surface area contributed by atoms with Crippen molar-refractivity contribution < 1.29 is 5.11 Å². The molecule has 5 nitrogen and oxygen atoms in total. The number of hydrogen-bond acceptors (Lipinski definition) is 5. The molecule has 2 rings (SSSR count). The Morgan fingerprint density at radius 2 is 2.19 bits per heavy atom. The number of nitrogens with one attached hydrogen (secondary N) is 1. The van der Waals surface area contributed by atoms with E-state index in [1.165, 1.54) is 12.0 Å². The van der Waals surface area contributed by atoms with Crippen molar-refractivity contribution in [2.75, 3.05) is 29.9 Å². The van der Waals surface area contributed by atoms with Crippen molar-refractivity contribution in [3.05, 3.63) is 11.9 Å². The molecule has 2 heterocycles. The summed E-state index contributed by atoms with van der Waals surface area (Å²) in [4.78, 5) is 11.3. The Kier molecular flexibility index (Phi) is 5.79. The number of piperidine rings is 1. The number of aromatic nitrogens is 2. The highest BCUT2D eigenvalue weighted by Gasteiger charge is 2.27. The molecule has 5 heteroatoms. The molecule has 0 saturated carbocycles. The third-order valence-corrected chi connectivity index (χ3v) is 4.09. The highest BCUT2D eigenvalue weighted by molar-refractivity contribution is 5.61. The van der Waals surface area contributed by atoms with Gasteiger partial charge in [0.25, 0.3) is 0 Å². The van der Waals surface area contributed by atoms with Crippen molar-refractivity contribution in [3.63, 3.8) is 0 Å². The van der Waals surface area contributed by atoms with E-state index in [1.807, 2.05) is 0 Å². The third kappa shape index (κ3) is 3.64. The summed E-state index contributed by atoms with van der Waals surface area (Å²) in [6, 6.07) is 0.185. The first kappa shape index (κ1) is 16.0. The van der Waals surface area contributed by atoms with E-state index in [2.05, 4.69) is 41.0 Å². The van der Waals surface area contributed by atoms with Crippen molar-refractivity contribution in [1.82, 2.24) is 9.97 Å². The van der Waals surface area contributed by atoms with Crippen LogP contribution in [0.15, 0.2) is 6.33 Å². The number of aliphatic hydroxyl groups is 1. The van der Waals surface area contributed by atoms with Gasteiger partial charge in [-0.15, -0.1) is 0 Å². The summed E-state index contributed by atoms with van der Waals surface area (Å²) in [6.07, 6.45) is 6.10. The minimum absolute atomic E-state index is 0.185. The molecule has 1 aromatic rings. The normalized spacial score (nSPS) is 19.1. The van der Waals surface area contributed by atoms with Gasteiger partial charge in [-0.1, -0.05) is 20.8 Å². The molecular weight excluding hydrogens is 264 g/mol. The van der Waals surface area contributed by atoms with Crippen molar-refractivity contribution >= 4 is 11.6 Å². The fourth-order valence-electron chi connectivity index (χ4n) is 3.00. The average molecular weight is 292 g/mol. The van der Waals surface area contributed by atoms with Gasteiger partial charge in [0, 0.05) is 18.7 Å². The van der Waals surface area contributed by atoms with Gasteiger partial charge < -0.3 is 15.3 Å². The molecule has 0 bridgehead atoms. The second-order valence-electron chi connectivity index (χ2n) is 6.07. The van der Waals surface area contributed by atoms with E-state index >= 15 is 0 Å². The molecule has 0 radical (unpaired) electrons. The molecule has 1 unspecified atom stereocenters. The van der Waals surface area contributed by atoms with E-state index in [-0.39, 0.29) is 12.6 Å². The molecule has 0 amide bonds. The van der Waals surface area contributed by atoms with E-state index < -0.39 is 0 Å². The lowest BCUT2D eigenvalue weighted by Crippen LogP contribution is -2.43. The van der Waals surface area contributed by atoms with Crippen molar-refractivity contribution in [2.45, 2.75) is 58.4 Å². The SMILES string of the molecule is CCCNc1ncnc(N2CCCCC2CO)c1C(C)C. The molecule has 1 fully saturated rings. The molecular formula is C16H28N4O. The van der Waals surface area contributed by atoms with Gasteiger partial charge >= 0.3 is 0 Å². The van der Waals surface area contributed by atoms with Gasteiger partial charge in [0.05, 0.1) is 12.6 Å². The molecule has 2 N–H and O–H groups in total. The molecule has 1 aliphatic rings. The van der Waals surface area contributed by atoms with Crippen molar-refractivity contribution in [1.29, 1.82) is 0 Å². The number of nitrogens with zero attached hydrogens (tertiary/aromatic N) is 3.